The second-order valence-electron chi connectivity index (χ2n) is 6.30. The summed E-state index contributed by atoms with van der Waals surface area (Å²) in [4.78, 5) is 12.4. The van der Waals surface area contributed by atoms with Gasteiger partial charge in [-0.1, -0.05) is 37.6 Å². The summed E-state index contributed by atoms with van der Waals surface area (Å²) in [5.41, 5.74) is 1.36. The fourth-order valence-corrected chi connectivity index (χ4v) is 4.63. The lowest BCUT2D eigenvalue weighted by Gasteiger charge is -2.20. The summed E-state index contributed by atoms with van der Waals surface area (Å²) in [6.45, 7) is 7.72. The second-order valence-corrected chi connectivity index (χ2v) is 8.61. The molecule has 0 bridgehead atoms. The van der Waals surface area contributed by atoms with Crippen molar-refractivity contribution in [1.29, 1.82) is 0 Å². The van der Waals surface area contributed by atoms with E-state index in [0.29, 0.717) is 24.5 Å². The zero-order valence-electron chi connectivity index (χ0n) is 16.4. The van der Waals surface area contributed by atoms with Crippen molar-refractivity contribution in [2.75, 3.05) is 18.4 Å². The molecule has 28 heavy (non-hydrogen) atoms. The first-order valence-electron chi connectivity index (χ1n) is 9.03. The molecule has 1 N–H and O–H groups in total. The Morgan fingerprint density at radius 2 is 1.86 bits per heavy atom. The van der Waals surface area contributed by atoms with Crippen molar-refractivity contribution in [1.82, 2.24) is 4.31 Å². The molecule has 0 heterocycles. The summed E-state index contributed by atoms with van der Waals surface area (Å²) in [6, 6.07) is 11.8. The smallest absolute Gasteiger partial charge is 0.265 e. The maximum Gasteiger partial charge on any atom is 0.265 e. The molecule has 8 heteroatoms. The number of ether oxygens (including phenoxy) is 1. The van der Waals surface area contributed by atoms with Crippen LogP contribution in [0.15, 0.2) is 47.4 Å². The lowest BCUT2D eigenvalue weighted by Crippen LogP contribution is -2.31. The first-order valence-corrected chi connectivity index (χ1v) is 10.8. The first kappa shape index (κ1) is 22.2. The van der Waals surface area contributed by atoms with E-state index >= 15 is 0 Å². The molecule has 0 saturated carbocycles. The lowest BCUT2D eigenvalue weighted by molar-refractivity contribution is -0.122. The van der Waals surface area contributed by atoms with Crippen molar-refractivity contribution in [2.24, 2.45) is 0 Å². The van der Waals surface area contributed by atoms with E-state index in [1.54, 1.807) is 32.9 Å². The number of rotatable bonds is 8. The molecule has 2 aromatic carbocycles. The molecule has 0 saturated heterocycles. The summed E-state index contributed by atoms with van der Waals surface area (Å²) in [7, 11) is -3.74. The van der Waals surface area contributed by atoms with Gasteiger partial charge in [0.25, 0.3) is 5.91 Å². The van der Waals surface area contributed by atoms with E-state index < -0.39 is 22.0 Å². The number of hydrogen-bond acceptors (Lipinski definition) is 4. The normalized spacial score (nSPS) is 12.6. The van der Waals surface area contributed by atoms with Crippen LogP contribution in [0, 0.1) is 6.92 Å². The monoisotopic (exact) mass is 424 g/mol. The molecular weight excluding hydrogens is 400 g/mol. The average Bonchev–Trinajstić information content (AvgIpc) is 2.63. The van der Waals surface area contributed by atoms with Gasteiger partial charge < -0.3 is 10.1 Å². The minimum atomic E-state index is -3.74. The summed E-state index contributed by atoms with van der Waals surface area (Å²) < 4.78 is 32.5. The van der Waals surface area contributed by atoms with Crippen molar-refractivity contribution in [3.05, 3.63) is 53.1 Å². The Kier molecular flexibility index (Phi) is 7.46. The Morgan fingerprint density at radius 3 is 2.46 bits per heavy atom. The third kappa shape index (κ3) is 5.25. The van der Waals surface area contributed by atoms with Gasteiger partial charge in [-0.25, -0.2) is 8.42 Å². The molecule has 0 aliphatic rings. The number of anilines is 1. The van der Waals surface area contributed by atoms with Crippen LogP contribution in [0.4, 0.5) is 5.69 Å². The van der Waals surface area contributed by atoms with Gasteiger partial charge in [0.15, 0.2) is 6.10 Å². The first-order chi connectivity index (χ1) is 13.2. The van der Waals surface area contributed by atoms with Gasteiger partial charge >= 0.3 is 0 Å². The quantitative estimate of drug-likeness (QED) is 0.692. The van der Waals surface area contributed by atoms with Crippen molar-refractivity contribution < 1.29 is 17.9 Å². The number of nitrogens with zero attached hydrogens (tertiary/aromatic N) is 1. The number of carbonyl (C=O) groups is 1. The predicted octanol–water partition coefficient (Wildman–Crippen LogP) is 4.08. The SMILES string of the molecule is CCN(CC)S(=O)(=O)c1cc(NC(=O)C(C)Oc2cccc(C)c2)ccc1Cl. The van der Waals surface area contributed by atoms with Gasteiger partial charge in [-0.3, -0.25) is 4.79 Å². The van der Waals surface area contributed by atoms with Crippen LogP contribution in [0.5, 0.6) is 5.75 Å². The van der Waals surface area contributed by atoms with Crippen molar-refractivity contribution >= 4 is 33.2 Å². The molecule has 2 aromatic rings. The van der Waals surface area contributed by atoms with E-state index in [2.05, 4.69) is 5.32 Å². The van der Waals surface area contributed by atoms with Gasteiger partial charge in [0.1, 0.15) is 10.6 Å². The van der Waals surface area contributed by atoms with Gasteiger partial charge in [0, 0.05) is 18.8 Å². The van der Waals surface area contributed by atoms with Gasteiger partial charge in [0.2, 0.25) is 10.0 Å². The molecular formula is C20H25ClN2O4S. The highest BCUT2D eigenvalue weighted by atomic mass is 35.5. The average molecular weight is 425 g/mol. The Bertz CT molecular complexity index is 943. The van der Waals surface area contributed by atoms with Crippen molar-refractivity contribution in [2.45, 2.75) is 38.7 Å². The number of nitrogens with one attached hydrogen (secondary N) is 1. The van der Waals surface area contributed by atoms with Crippen LogP contribution in [0.25, 0.3) is 0 Å². The third-order valence-electron chi connectivity index (χ3n) is 4.19. The Labute approximate surface area is 171 Å². The standard InChI is InChI=1S/C20H25ClN2O4S/c1-5-23(6-2)28(25,26)19-13-16(10-11-18(19)21)22-20(24)15(4)27-17-9-7-8-14(3)12-17/h7-13,15H,5-6H2,1-4H3,(H,22,24). The van der Waals surface area contributed by atoms with Gasteiger partial charge in [-0.15, -0.1) is 0 Å². The molecule has 0 aromatic heterocycles. The Morgan fingerprint density at radius 1 is 1.18 bits per heavy atom. The minimum Gasteiger partial charge on any atom is -0.481 e. The van der Waals surface area contributed by atoms with E-state index in [1.165, 1.54) is 16.4 Å². The summed E-state index contributed by atoms with van der Waals surface area (Å²) in [5, 5.41) is 2.79. The molecule has 0 spiro atoms. The van der Waals surface area contributed by atoms with E-state index in [4.69, 9.17) is 16.3 Å². The number of sulfonamides is 1. The summed E-state index contributed by atoms with van der Waals surface area (Å²) >= 11 is 6.12. The number of aryl methyl sites for hydroxylation is 1. The van der Waals surface area contributed by atoms with E-state index in [0.717, 1.165) is 5.56 Å². The number of hydrogen-bond donors (Lipinski definition) is 1. The molecule has 1 unspecified atom stereocenters. The summed E-state index contributed by atoms with van der Waals surface area (Å²) in [6.07, 6.45) is -0.764. The van der Waals surface area contributed by atoms with Crippen LogP contribution < -0.4 is 10.1 Å². The third-order valence-corrected chi connectivity index (χ3v) is 6.73. The van der Waals surface area contributed by atoms with Crippen LogP contribution in [-0.2, 0) is 14.8 Å². The molecule has 0 aliphatic heterocycles. The number of amides is 1. The number of halogens is 1. The van der Waals surface area contributed by atoms with Crippen LogP contribution in [0.2, 0.25) is 5.02 Å². The highest BCUT2D eigenvalue weighted by molar-refractivity contribution is 7.89. The van der Waals surface area contributed by atoms with Crippen LogP contribution in [-0.4, -0.2) is 37.8 Å². The molecule has 152 valence electrons. The van der Waals surface area contributed by atoms with E-state index in [1.807, 2.05) is 25.1 Å². The number of benzene rings is 2. The molecule has 0 radical (unpaired) electrons. The zero-order valence-corrected chi connectivity index (χ0v) is 18.0. The molecule has 0 aliphatic carbocycles. The lowest BCUT2D eigenvalue weighted by atomic mass is 10.2. The highest BCUT2D eigenvalue weighted by Crippen LogP contribution is 2.28. The van der Waals surface area contributed by atoms with Crippen molar-refractivity contribution in [3.8, 4) is 5.75 Å². The predicted molar refractivity (Wildman–Crippen MR) is 111 cm³/mol. The zero-order chi connectivity index (χ0) is 20.9. The Hall–Kier alpha value is -2.09. The number of carbonyl (C=O) groups excluding carboxylic acids is 1. The molecule has 0 fully saturated rings. The second kappa shape index (κ2) is 9.41. The Balaban J connectivity index is 2.19. The molecule has 1 atom stereocenters. The van der Waals surface area contributed by atoms with Crippen LogP contribution >= 0.6 is 11.6 Å². The van der Waals surface area contributed by atoms with Crippen LogP contribution in [0.3, 0.4) is 0 Å². The fraction of sp³-hybridized carbons (Fsp3) is 0.350. The van der Waals surface area contributed by atoms with E-state index in [9.17, 15) is 13.2 Å². The molecule has 6 nitrogen and oxygen atoms in total. The largest absolute Gasteiger partial charge is 0.481 e. The van der Waals surface area contributed by atoms with E-state index in [-0.39, 0.29) is 9.92 Å². The van der Waals surface area contributed by atoms with Gasteiger partial charge in [-0.05, 0) is 49.7 Å². The minimum absolute atomic E-state index is 0.0390. The maximum absolute atomic E-state index is 12.8. The highest BCUT2D eigenvalue weighted by Gasteiger charge is 2.25. The molecule has 2 rings (SSSR count). The topological polar surface area (TPSA) is 75.7 Å². The fourth-order valence-electron chi connectivity index (χ4n) is 2.67. The summed E-state index contributed by atoms with van der Waals surface area (Å²) in [5.74, 6) is 0.193. The van der Waals surface area contributed by atoms with Gasteiger partial charge in [-0.2, -0.15) is 4.31 Å². The molecule has 1 amide bonds. The van der Waals surface area contributed by atoms with Crippen LogP contribution in [0.1, 0.15) is 26.3 Å². The van der Waals surface area contributed by atoms with Crippen molar-refractivity contribution in [3.63, 3.8) is 0 Å². The maximum atomic E-state index is 12.8. The van der Waals surface area contributed by atoms with Gasteiger partial charge in [0.05, 0.1) is 5.02 Å².